The Morgan fingerprint density at radius 1 is 1.23 bits per heavy atom. The second-order valence-corrected chi connectivity index (χ2v) is 7.53. The molecule has 1 N–H and O–H groups in total. The van der Waals surface area contributed by atoms with Crippen molar-refractivity contribution in [2.24, 2.45) is 11.8 Å². The maximum Gasteiger partial charge on any atom is 0.140 e. The fourth-order valence-corrected chi connectivity index (χ4v) is 4.80. The smallest absolute Gasteiger partial charge is 0.140 e. The van der Waals surface area contributed by atoms with Gasteiger partial charge in [0.1, 0.15) is 5.76 Å². The maximum absolute atomic E-state index is 10.7. The van der Waals surface area contributed by atoms with Gasteiger partial charge >= 0.3 is 0 Å². The number of anilines is 1. The molecule has 4 rings (SSSR count). The Morgan fingerprint density at radius 2 is 2.00 bits per heavy atom. The molecule has 1 aliphatic heterocycles. The molecule has 0 fully saturated rings. The summed E-state index contributed by atoms with van der Waals surface area (Å²) in [5, 5.41) is 10.7. The van der Waals surface area contributed by atoms with Crippen molar-refractivity contribution in [2.75, 3.05) is 11.4 Å². The van der Waals surface area contributed by atoms with E-state index < -0.39 is 0 Å². The van der Waals surface area contributed by atoms with E-state index in [4.69, 9.17) is 0 Å². The molecule has 0 spiro atoms. The highest BCUT2D eigenvalue weighted by Gasteiger charge is 2.39. The topological polar surface area (TPSA) is 23.5 Å². The number of nitrogens with zero attached hydrogens (tertiary/aromatic N) is 1. The van der Waals surface area contributed by atoms with Crippen molar-refractivity contribution in [3.05, 3.63) is 63.5 Å². The molecule has 0 amide bonds. The molecule has 0 bridgehead atoms. The Bertz CT molecular complexity index is 701. The van der Waals surface area contributed by atoms with E-state index in [1.54, 1.807) is 0 Å². The van der Waals surface area contributed by atoms with Gasteiger partial charge < -0.3 is 10.0 Å². The number of allylic oxidation sites excluding steroid dienone is 2. The monoisotopic (exact) mass is 357 g/mol. The third-order valence-electron chi connectivity index (χ3n) is 5.20. The zero-order chi connectivity index (χ0) is 15.3. The van der Waals surface area contributed by atoms with Crippen molar-refractivity contribution in [1.29, 1.82) is 0 Å². The van der Waals surface area contributed by atoms with Crippen molar-refractivity contribution < 1.29 is 5.11 Å². The second kappa shape index (κ2) is 5.31. The summed E-state index contributed by atoms with van der Waals surface area (Å²) < 4.78 is 1.16. The van der Waals surface area contributed by atoms with Gasteiger partial charge in [-0.3, -0.25) is 0 Å². The molecular weight excluding hydrogens is 338 g/mol. The van der Waals surface area contributed by atoms with Gasteiger partial charge in [-0.25, -0.2) is 0 Å². The summed E-state index contributed by atoms with van der Waals surface area (Å²) in [5.74, 6) is 1.62. The molecule has 3 heteroatoms. The Morgan fingerprint density at radius 3 is 2.77 bits per heavy atom. The summed E-state index contributed by atoms with van der Waals surface area (Å²) in [6.45, 7) is 3.21. The summed E-state index contributed by atoms with van der Waals surface area (Å²) in [7, 11) is 0. The van der Waals surface area contributed by atoms with E-state index in [2.05, 4.69) is 39.9 Å². The molecule has 3 aliphatic rings. The van der Waals surface area contributed by atoms with Gasteiger partial charge in [0.25, 0.3) is 0 Å². The van der Waals surface area contributed by atoms with Gasteiger partial charge in [0, 0.05) is 28.5 Å². The number of aliphatic hydroxyl groups is 1. The van der Waals surface area contributed by atoms with Gasteiger partial charge in [-0.15, -0.1) is 0 Å². The first kappa shape index (κ1) is 14.1. The number of halogens is 1. The lowest BCUT2D eigenvalue weighted by Crippen LogP contribution is -2.20. The lowest BCUT2D eigenvalue weighted by molar-refractivity contribution is 0.411. The predicted molar refractivity (Wildman–Crippen MR) is 94.0 cm³/mol. The lowest BCUT2D eigenvalue weighted by atomic mass is 9.84. The van der Waals surface area contributed by atoms with Crippen LogP contribution in [0.1, 0.15) is 26.2 Å². The number of para-hydroxylation sites is 1. The molecule has 0 aromatic heterocycles. The van der Waals surface area contributed by atoms with E-state index in [1.165, 1.54) is 24.0 Å². The highest BCUT2D eigenvalue weighted by atomic mass is 79.9. The quantitative estimate of drug-likeness (QED) is 0.736. The van der Waals surface area contributed by atoms with Crippen LogP contribution in [0.4, 0.5) is 5.69 Å². The van der Waals surface area contributed by atoms with Crippen LogP contribution in [0.3, 0.4) is 0 Å². The zero-order valence-electron chi connectivity index (χ0n) is 12.7. The molecule has 0 saturated heterocycles. The van der Waals surface area contributed by atoms with Gasteiger partial charge in [0.2, 0.25) is 0 Å². The van der Waals surface area contributed by atoms with E-state index in [-0.39, 0.29) is 0 Å². The van der Waals surface area contributed by atoms with Crippen molar-refractivity contribution >= 4 is 21.6 Å². The molecular formula is C19H20BrNO. The predicted octanol–water partition coefficient (Wildman–Crippen LogP) is 5.30. The number of hydrogen-bond acceptors (Lipinski definition) is 2. The van der Waals surface area contributed by atoms with Gasteiger partial charge in [-0.1, -0.05) is 41.1 Å². The van der Waals surface area contributed by atoms with E-state index in [1.807, 2.05) is 24.4 Å². The molecule has 114 valence electrons. The van der Waals surface area contributed by atoms with E-state index in [0.29, 0.717) is 17.6 Å². The van der Waals surface area contributed by atoms with Crippen LogP contribution >= 0.6 is 15.9 Å². The fourth-order valence-electron chi connectivity index (χ4n) is 4.16. The molecule has 0 unspecified atom stereocenters. The molecule has 2 aliphatic carbocycles. The summed E-state index contributed by atoms with van der Waals surface area (Å²) >= 11 is 3.71. The molecule has 1 aromatic carbocycles. The SMILES string of the molecule is C[C@@H]1C[C@@H]2CCC(Br)=C3C(O)=CN(c4ccccc4)CC1=C32. The first-order chi connectivity index (χ1) is 10.6. The summed E-state index contributed by atoms with van der Waals surface area (Å²) in [6.07, 6.45) is 5.36. The van der Waals surface area contributed by atoms with E-state index >= 15 is 0 Å². The van der Waals surface area contributed by atoms with Crippen molar-refractivity contribution in [2.45, 2.75) is 26.2 Å². The molecule has 0 saturated carbocycles. The maximum atomic E-state index is 10.7. The van der Waals surface area contributed by atoms with E-state index in [0.717, 1.165) is 28.7 Å². The second-order valence-electron chi connectivity index (χ2n) is 6.57. The lowest BCUT2D eigenvalue weighted by Gasteiger charge is -2.24. The van der Waals surface area contributed by atoms with Crippen LogP contribution in [0.2, 0.25) is 0 Å². The van der Waals surface area contributed by atoms with Crippen LogP contribution in [-0.2, 0) is 0 Å². The number of aliphatic hydroxyl groups excluding tert-OH is 1. The third-order valence-corrected chi connectivity index (χ3v) is 6.00. The molecule has 0 radical (unpaired) electrons. The summed E-state index contributed by atoms with van der Waals surface area (Å²) in [5.41, 5.74) is 5.11. The van der Waals surface area contributed by atoms with Crippen LogP contribution in [0, 0.1) is 11.8 Å². The van der Waals surface area contributed by atoms with Crippen LogP contribution in [0.25, 0.3) is 0 Å². The third kappa shape index (κ3) is 2.14. The Labute approximate surface area is 140 Å². The Kier molecular flexibility index (Phi) is 3.41. The highest BCUT2D eigenvalue weighted by molar-refractivity contribution is 9.11. The summed E-state index contributed by atoms with van der Waals surface area (Å²) in [6, 6.07) is 10.3. The minimum absolute atomic E-state index is 0.402. The van der Waals surface area contributed by atoms with Gasteiger partial charge in [-0.05, 0) is 54.4 Å². The number of benzene rings is 1. The normalized spacial score (nSPS) is 27.7. The first-order valence-corrected chi connectivity index (χ1v) is 8.79. The van der Waals surface area contributed by atoms with Crippen molar-refractivity contribution in [1.82, 2.24) is 0 Å². The average molecular weight is 358 g/mol. The molecule has 22 heavy (non-hydrogen) atoms. The molecule has 2 atom stereocenters. The van der Waals surface area contributed by atoms with Crippen LogP contribution in [-0.4, -0.2) is 11.7 Å². The average Bonchev–Trinajstić information content (AvgIpc) is 2.73. The Hall–Kier alpha value is -1.48. The number of rotatable bonds is 1. The molecule has 1 aromatic rings. The molecule has 2 nitrogen and oxygen atoms in total. The Balaban J connectivity index is 1.87. The van der Waals surface area contributed by atoms with Crippen LogP contribution < -0.4 is 4.90 Å². The van der Waals surface area contributed by atoms with Gasteiger partial charge in [-0.2, -0.15) is 0 Å². The summed E-state index contributed by atoms with van der Waals surface area (Å²) in [4.78, 5) is 2.18. The van der Waals surface area contributed by atoms with Gasteiger partial charge in [0.15, 0.2) is 0 Å². The largest absolute Gasteiger partial charge is 0.506 e. The minimum Gasteiger partial charge on any atom is -0.506 e. The molecule has 1 heterocycles. The van der Waals surface area contributed by atoms with E-state index in [9.17, 15) is 5.11 Å². The number of hydrogen-bond donors (Lipinski definition) is 1. The van der Waals surface area contributed by atoms with Gasteiger partial charge in [0.05, 0.1) is 0 Å². The van der Waals surface area contributed by atoms with Crippen LogP contribution in [0.15, 0.2) is 63.5 Å². The first-order valence-electron chi connectivity index (χ1n) is 8.00. The fraction of sp³-hybridized carbons (Fsp3) is 0.368. The standard InChI is InChI=1S/C19H20BrNO/c1-12-9-13-7-8-16(20)19-17(22)11-21(10-15(12)18(13)19)14-5-3-2-4-6-14/h2-6,11-13,22H,7-10H2,1H3/t12-,13+/m1/s1. The zero-order valence-corrected chi connectivity index (χ0v) is 14.3. The van der Waals surface area contributed by atoms with Crippen LogP contribution in [0.5, 0.6) is 0 Å². The minimum atomic E-state index is 0.402. The highest BCUT2D eigenvalue weighted by Crippen LogP contribution is 2.51. The van der Waals surface area contributed by atoms with Crippen molar-refractivity contribution in [3.8, 4) is 0 Å². The van der Waals surface area contributed by atoms with Crippen molar-refractivity contribution in [3.63, 3.8) is 0 Å².